The first-order valence-electron chi connectivity index (χ1n) is 6.43. The van der Waals surface area contributed by atoms with Gasteiger partial charge < -0.3 is 15.4 Å². The summed E-state index contributed by atoms with van der Waals surface area (Å²) in [6, 6.07) is 7.59. The van der Waals surface area contributed by atoms with Crippen LogP contribution in [0.5, 0.6) is 5.75 Å². The molecule has 2 heterocycles. The number of ether oxygens (including phenoxy) is 1. The predicted octanol–water partition coefficient (Wildman–Crippen LogP) is 2.46. The molecule has 1 aliphatic rings. The van der Waals surface area contributed by atoms with E-state index in [4.69, 9.17) is 10.5 Å². The van der Waals surface area contributed by atoms with Gasteiger partial charge in [-0.05, 0) is 25.5 Å². The standard InChI is InChI=1S/C14H15N3O2S/c1-9-12(20-14(15)16-9)13(18)17-7-4-8-19-11-6-3-2-5-10(11)17/h2-3,5-6H,4,7-8H2,1H3,(H2,15,16). The van der Waals surface area contributed by atoms with Crippen LogP contribution in [0.25, 0.3) is 0 Å². The molecule has 2 aromatic rings. The van der Waals surface area contributed by atoms with E-state index in [2.05, 4.69) is 4.98 Å². The molecule has 1 aromatic heterocycles. The van der Waals surface area contributed by atoms with Crippen LogP contribution in [-0.4, -0.2) is 24.0 Å². The Bertz CT molecular complexity index is 654. The number of anilines is 2. The van der Waals surface area contributed by atoms with Crippen LogP contribution in [0, 0.1) is 6.92 Å². The lowest BCUT2D eigenvalue weighted by atomic mass is 10.2. The molecule has 3 rings (SSSR count). The third-order valence-corrected chi connectivity index (χ3v) is 4.17. The summed E-state index contributed by atoms with van der Waals surface area (Å²) in [4.78, 5) is 19.2. The molecule has 20 heavy (non-hydrogen) atoms. The van der Waals surface area contributed by atoms with Crippen LogP contribution in [0.15, 0.2) is 24.3 Å². The van der Waals surface area contributed by atoms with E-state index in [1.54, 1.807) is 11.8 Å². The second-order valence-electron chi connectivity index (χ2n) is 4.59. The van der Waals surface area contributed by atoms with E-state index < -0.39 is 0 Å². The Morgan fingerprint density at radius 3 is 3.00 bits per heavy atom. The van der Waals surface area contributed by atoms with Crippen LogP contribution in [0.4, 0.5) is 10.8 Å². The smallest absolute Gasteiger partial charge is 0.270 e. The third kappa shape index (κ3) is 2.22. The van der Waals surface area contributed by atoms with Gasteiger partial charge in [-0.25, -0.2) is 4.98 Å². The van der Waals surface area contributed by atoms with Crippen molar-refractivity contribution in [2.24, 2.45) is 0 Å². The van der Waals surface area contributed by atoms with Gasteiger partial charge in [-0.1, -0.05) is 23.5 Å². The molecular weight excluding hydrogens is 274 g/mol. The van der Waals surface area contributed by atoms with Crippen LogP contribution < -0.4 is 15.4 Å². The van der Waals surface area contributed by atoms with Crippen molar-refractivity contribution in [3.05, 3.63) is 34.8 Å². The second-order valence-corrected chi connectivity index (χ2v) is 5.62. The van der Waals surface area contributed by atoms with Crippen molar-refractivity contribution in [2.45, 2.75) is 13.3 Å². The number of fused-ring (bicyclic) bond motifs is 1. The Labute approximate surface area is 121 Å². The summed E-state index contributed by atoms with van der Waals surface area (Å²) in [7, 11) is 0. The van der Waals surface area contributed by atoms with E-state index in [1.807, 2.05) is 24.3 Å². The summed E-state index contributed by atoms with van der Waals surface area (Å²) in [5.74, 6) is 0.683. The number of aryl methyl sites for hydroxylation is 1. The number of rotatable bonds is 1. The lowest BCUT2D eigenvalue weighted by Crippen LogP contribution is -2.31. The first kappa shape index (κ1) is 12.9. The molecular formula is C14H15N3O2S. The Morgan fingerprint density at radius 1 is 1.45 bits per heavy atom. The number of nitrogen functional groups attached to an aromatic ring is 1. The Hall–Kier alpha value is -2.08. The minimum Gasteiger partial charge on any atom is -0.491 e. The number of carbonyl (C=O) groups excluding carboxylic acids is 1. The van der Waals surface area contributed by atoms with Crippen molar-refractivity contribution in [3.8, 4) is 5.75 Å². The van der Waals surface area contributed by atoms with Crippen LogP contribution in [0.2, 0.25) is 0 Å². The topological polar surface area (TPSA) is 68.5 Å². The number of amides is 1. The zero-order valence-corrected chi connectivity index (χ0v) is 11.9. The number of carbonyl (C=O) groups is 1. The molecule has 0 saturated heterocycles. The van der Waals surface area contributed by atoms with Crippen molar-refractivity contribution in [2.75, 3.05) is 23.8 Å². The van der Waals surface area contributed by atoms with Gasteiger partial charge in [0.1, 0.15) is 10.6 Å². The number of hydrogen-bond acceptors (Lipinski definition) is 5. The number of nitrogens with zero attached hydrogens (tertiary/aromatic N) is 2. The summed E-state index contributed by atoms with van der Waals surface area (Å²) in [6.45, 7) is 3.05. The van der Waals surface area contributed by atoms with Gasteiger partial charge in [0.05, 0.1) is 18.0 Å². The largest absolute Gasteiger partial charge is 0.491 e. The fourth-order valence-corrected chi connectivity index (χ4v) is 3.06. The highest BCUT2D eigenvalue weighted by atomic mass is 32.1. The number of nitrogens with two attached hydrogens (primary N) is 1. The van der Waals surface area contributed by atoms with Gasteiger partial charge in [0.15, 0.2) is 5.13 Å². The monoisotopic (exact) mass is 289 g/mol. The van der Waals surface area contributed by atoms with E-state index in [9.17, 15) is 4.79 Å². The molecule has 0 saturated carbocycles. The number of para-hydroxylation sites is 2. The first-order chi connectivity index (χ1) is 9.66. The van der Waals surface area contributed by atoms with Gasteiger partial charge in [-0.3, -0.25) is 4.79 Å². The van der Waals surface area contributed by atoms with Crippen molar-refractivity contribution in [3.63, 3.8) is 0 Å². The Balaban J connectivity index is 2.01. The van der Waals surface area contributed by atoms with E-state index in [-0.39, 0.29) is 5.91 Å². The number of thiazole rings is 1. The summed E-state index contributed by atoms with van der Waals surface area (Å²) in [5, 5.41) is 0.421. The van der Waals surface area contributed by atoms with E-state index in [0.29, 0.717) is 28.9 Å². The Morgan fingerprint density at radius 2 is 2.25 bits per heavy atom. The molecule has 1 amide bonds. The molecule has 0 atom stereocenters. The van der Waals surface area contributed by atoms with Crippen molar-refractivity contribution >= 4 is 28.1 Å². The maximum Gasteiger partial charge on any atom is 0.270 e. The molecule has 1 aromatic carbocycles. The van der Waals surface area contributed by atoms with E-state index in [1.165, 1.54) is 11.3 Å². The van der Waals surface area contributed by atoms with Gasteiger partial charge in [0.25, 0.3) is 5.91 Å². The number of benzene rings is 1. The Kier molecular flexibility index (Phi) is 3.31. The van der Waals surface area contributed by atoms with Crippen LogP contribution in [-0.2, 0) is 0 Å². The molecule has 6 heteroatoms. The van der Waals surface area contributed by atoms with Gasteiger partial charge in [-0.15, -0.1) is 0 Å². The van der Waals surface area contributed by atoms with Gasteiger partial charge in [0, 0.05) is 6.54 Å². The van der Waals surface area contributed by atoms with Crippen LogP contribution in [0.1, 0.15) is 21.8 Å². The minimum atomic E-state index is -0.0605. The maximum absolute atomic E-state index is 12.7. The summed E-state index contributed by atoms with van der Waals surface area (Å²) < 4.78 is 5.67. The zero-order valence-electron chi connectivity index (χ0n) is 11.1. The molecule has 0 unspecified atom stereocenters. The predicted molar refractivity (Wildman–Crippen MR) is 79.5 cm³/mol. The number of aromatic nitrogens is 1. The fraction of sp³-hybridized carbons (Fsp3) is 0.286. The van der Waals surface area contributed by atoms with Gasteiger partial charge in [0.2, 0.25) is 0 Å². The molecule has 0 radical (unpaired) electrons. The minimum absolute atomic E-state index is 0.0605. The lowest BCUT2D eigenvalue weighted by molar-refractivity contribution is 0.0990. The quantitative estimate of drug-likeness (QED) is 0.875. The summed E-state index contributed by atoms with van der Waals surface area (Å²) in [6.07, 6.45) is 0.799. The average Bonchev–Trinajstić information content (AvgIpc) is 2.66. The highest BCUT2D eigenvalue weighted by Crippen LogP contribution is 2.33. The normalized spacial score (nSPS) is 14.3. The van der Waals surface area contributed by atoms with Gasteiger partial charge in [-0.2, -0.15) is 0 Å². The molecule has 2 N–H and O–H groups in total. The fourth-order valence-electron chi connectivity index (χ4n) is 2.28. The lowest BCUT2D eigenvalue weighted by Gasteiger charge is -2.21. The molecule has 5 nitrogen and oxygen atoms in total. The molecule has 0 bridgehead atoms. The SMILES string of the molecule is Cc1nc(N)sc1C(=O)N1CCCOc2ccccc21. The van der Waals surface area contributed by atoms with E-state index >= 15 is 0 Å². The highest BCUT2D eigenvalue weighted by molar-refractivity contribution is 7.17. The third-order valence-electron chi connectivity index (χ3n) is 3.19. The summed E-state index contributed by atoms with van der Waals surface area (Å²) >= 11 is 1.23. The zero-order chi connectivity index (χ0) is 14.1. The van der Waals surface area contributed by atoms with Crippen molar-refractivity contribution in [1.82, 2.24) is 4.98 Å². The summed E-state index contributed by atoms with van der Waals surface area (Å²) in [5.41, 5.74) is 7.17. The maximum atomic E-state index is 12.7. The van der Waals surface area contributed by atoms with Crippen molar-refractivity contribution < 1.29 is 9.53 Å². The average molecular weight is 289 g/mol. The van der Waals surface area contributed by atoms with Crippen molar-refractivity contribution in [1.29, 1.82) is 0 Å². The van der Waals surface area contributed by atoms with E-state index in [0.717, 1.165) is 17.9 Å². The first-order valence-corrected chi connectivity index (χ1v) is 7.25. The van der Waals surface area contributed by atoms with Gasteiger partial charge >= 0.3 is 0 Å². The molecule has 1 aliphatic heterocycles. The van der Waals surface area contributed by atoms with Crippen LogP contribution >= 0.6 is 11.3 Å². The molecule has 0 spiro atoms. The highest BCUT2D eigenvalue weighted by Gasteiger charge is 2.26. The molecule has 0 fully saturated rings. The molecule has 104 valence electrons. The molecule has 0 aliphatic carbocycles. The number of hydrogen-bond donors (Lipinski definition) is 1. The second kappa shape index (κ2) is 5.13. The van der Waals surface area contributed by atoms with Crippen LogP contribution in [0.3, 0.4) is 0 Å².